The van der Waals surface area contributed by atoms with E-state index in [1.807, 2.05) is 47.7 Å². The molecule has 11 rings (SSSR count). The molecular formula is C45H27N5S. The molecule has 5 nitrogen and oxygen atoms in total. The molecule has 0 aliphatic carbocycles. The second-order valence-electron chi connectivity index (χ2n) is 12.8. The maximum atomic E-state index is 5.30. The zero-order valence-electron chi connectivity index (χ0n) is 27.2. The van der Waals surface area contributed by atoms with Crippen molar-refractivity contribution in [1.82, 2.24) is 24.1 Å². The summed E-state index contributed by atoms with van der Waals surface area (Å²) in [5, 5.41) is 7.35. The molecule has 0 unspecified atom stereocenters. The predicted molar refractivity (Wildman–Crippen MR) is 212 cm³/mol. The highest BCUT2D eigenvalue weighted by atomic mass is 32.1. The Morgan fingerprint density at radius 2 is 0.882 bits per heavy atom. The molecule has 0 amide bonds. The molecule has 0 spiro atoms. The van der Waals surface area contributed by atoms with Crippen molar-refractivity contribution in [3.63, 3.8) is 0 Å². The zero-order valence-corrected chi connectivity index (χ0v) is 28.0. The summed E-state index contributed by atoms with van der Waals surface area (Å²) in [5.74, 6) is 1.85. The highest BCUT2D eigenvalue weighted by molar-refractivity contribution is 7.27. The third-order valence-electron chi connectivity index (χ3n) is 9.95. The van der Waals surface area contributed by atoms with Gasteiger partial charge in [0.05, 0.1) is 22.1 Å². The summed E-state index contributed by atoms with van der Waals surface area (Å²) in [7, 11) is 0. The molecule has 4 aromatic heterocycles. The molecule has 4 heterocycles. The number of hydrogen-bond donors (Lipinski definition) is 0. The smallest absolute Gasteiger partial charge is 0.238 e. The number of aromatic nitrogens is 5. The van der Waals surface area contributed by atoms with Crippen molar-refractivity contribution >= 4 is 75.1 Å². The number of rotatable bonds is 4. The third-order valence-corrected chi connectivity index (χ3v) is 11.1. The summed E-state index contributed by atoms with van der Waals surface area (Å²) in [5.41, 5.74) is 7.40. The van der Waals surface area contributed by atoms with Crippen molar-refractivity contribution in [2.45, 2.75) is 0 Å². The largest absolute Gasteiger partial charge is 0.307 e. The first-order valence-electron chi connectivity index (χ1n) is 17.1. The normalized spacial score (nSPS) is 11.9. The molecule has 0 atom stereocenters. The van der Waals surface area contributed by atoms with Gasteiger partial charge < -0.3 is 4.57 Å². The molecule has 51 heavy (non-hydrogen) atoms. The first-order valence-corrected chi connectivity index (χ1v) is 17.9. The first-order chi connectivity index (χ1) is 25.3. The molecule has 11 aromatic rings. The van der Waals surface area contributed by atoms with Gasteiger partial charge in [-0.05, 0) is 30.3 Å². The molecule has 0 aliphatic rings. The number of fused-ring (bicyclic) bond motifs is 12. The Labute approximate surface area is 296 Å². The number of nitrogens with zero attached hydrogens (tertiary/aromatic N) is 5. The van der Waals surface area contributed by atoms with Crippen LogP contribution >= 0.6 is 11.3 Å². The SMILES string of the molecule is c1ccc(-c2nc(-c3ccccc3)nc(-n3c4ccccc4c4c5c6ccccc6sc5c5c6ccccc6n(-c6ccccc6)c5c43)n2)cc1. The lowest BCUT2D eigenvalue weighted by Gasteiger charge is -2.13. The van der Waals surface area contributed by atoms with Crippen LogP contribution in [-0.4, -0.2) is 24.1 Å². The van der Waals surface area contributed by atoms with E-state index >= 15 is 0 Å². The summed E-state index contributed by atoms with van der Waals surface area (Å²) in [6.07, 6.45) is 0. The Morgan fingerprint density at radius 3 is 1.53 bits per heavy atom. The van der Waals surface area contributed by atoms with E-state index in [9.17, 15) is 0 Å². The fraction of sp³-hybridized carbons (Fsp3) is 0. The fourth-order valence-electron chi connectivity index (χ4n) is 7.83. The predicted octanol–water partition coefficient (Wildman–Crippen LogP) is 11.8. The average Bonchev–Trinajstić information content (AvgIpc) is 3.87. The van der Waals surface area contributed by atoms with Gasteiger partial charge in [0, 0.05) is 58.5 Å². The van der Waals surface area contributed by atoms with E-state index in [0.717, 1.165) is 44.3 Å². The van der Waals surface area contributed by atoms with Gasteiger partial charge in [0.25, 0.3) is 0 Å². The van der Waals surface area contributed by atoms with Crippen molar-refractivity contribution in [1.29, 1.82) is 0 Å². The fourth-order valence-corrected chi connectivity index (χ4v) is 9.10. The van der Waals surface area contributed by atoms with Crippen molar-refractivity contribution in [3.05, 3.63) is 164 Å². The monoisotopic (exact) mass is 669 g/mol. The minimum Gasteiger partial charge on any atom is -0.307 e. The van der Waals surface area contributed by atoms with E-state index in [1.165, 1.54) is 36.3 Å². The van der Waals surface area contributed by atoms with Gasteiger partial charge in [0.15, 0.2) is 11.6 Å². The molecule has 0 saturated carbocycles. The Balaban J connectivity index is 1.42. The van der Waals surface area contributed by atoms with Crippen LogP contribution in [0.3, 0.4) is 0 Å². The Morgan fingerprint density at radius 1 is 0.392 bits per heavy atom. The Kier molecular flexibility index (Phi) is 6.05. The summed E-state index contributed by atoms with van der Waals surface area (Å²) in [6, 6.07) is 57.4. The minimum absolute atomic E-state index is 0.582. The first kappa shape index (κ1) is 28.2. The van der Waals surface area contributed by atoms with Gasteiger partial charge in [0.1, 0.15) is 0 Å². The molecule has 0 saturated heterocycles. The van der Waals surface area contributed by atoms with Crippen LogP contribution in [0.15, 0.2) is 164 Å². The highest BCUT2D eigenvalue weighted by Gasteiger charge is 2.28. The van der Waals surface area contributed by atoms with E-state index in [2.05, 4.69) is 137 Å². The van der Waals surface area contributed by atoms with Crippen LogP contribution in [0, 0.1) is 0 Å². The molecular weight excluding hydrogens is 643 g/mol. The van der Waals surface area contributed by atoms with Crippen LogP contribution in [0.2, 0.25) is 0 Å². The standard InChI is InChI=1S/C45H27N5S/c1-4-16-28(17-5-1)43-46-44(29-18-6-2-7-19-29)48-45(47-43)50-35-26-14-10-22-31(35)37-38-33-24-12-15-27-36(33)51-42(38)39-32-23-11-13-25-34(32)49(41(39)40(37)50)30-20-8-3-9-21-30/h1-27H. The number of para-hydroxylation sites is 3. The Bertz CT molecular complexity index is 3060. The summed E-state index contributed by atoms with van der Waals surface area (Å²) in [6.45, 7) is 0. The lowest BCUT2D eigenvalue weighted by Crippen LogP contribution is -2.07. The van der Waals surface area contributed by atoms with Crippen molar-refractivity contribution in [2.75, 3.05) is 0 Å². The quantitative estimate of drug-likeness (QED) is 0.187. The summed E-state index contributed by atoms with van der Waals surface area (Å²) < 4.78 is 7.28. The molecule has 0 N–H and O–H groups in total. The van der Waals surface area contributed by atoms with Gasteiger partial charge in [0.2, 0.25) is 5.95 Å². The van der Waals surface area contributed by atoms with E-state index < -0.39 is 0 Å². The van der Waals surface area contributed by atoms with Crippen molar-refractivity contribution in [3.8, 4) is 34.4 Å². The van der Waals surface area contributed by atoms with Gasteiger partial charge in [-0.3, -0.25) is 4.57 Å². The van der Waals surface area contributed by atoms with E-state index in [-0.39, 0.29) is 0 Å². The molecule has 0 fully saturated rings. The number of thiophene rings is 1. The lowest BCUT2D eigenvalue weighted by molar-refractivity contribution is 0.953. The summed E-state index contributed by atoms with van der Waals surface area (Å²) >= 11 is 1.88. The maximum absolute atomic E-state index is 5.30. The van der Waals surface area contributed by atoms with Crippen molar-refractivity contribution in [2.24, 2.45) is 0 Å². The number of benzene rings is 7. The van der Waals surface area contributed by atoms with Crippen molar-refractivity contribution < 1.29 is 0 Å². The molecule has 7 aromatic carbocycles. The van der Waals surface area contributed by atoms with Crippen LogP contribution in [0.1, 0.15) is 0 Å². The van der Waals surface area contributed by atoms with E-state index in [1.54, 1.807) is 0 Å². The maximum Gasteiger partial charge on any atom is 0.238 e. The van der Waals surface area contributed by atoms with Gasteiger partial charge in [-0.15, -0.1) is 11.3 Å². The van der Waals surface area contributed by atoms with Crippen LogP contribution in [0.4, 0.5) is 0 Å². The molecule has 6 heteroatoms. The van der Waals surface area contributed by atoms with Gasteiger partial charge in [-0.25, -0.2) is 4.98 Å². The summed E-state index contributed by atoms with van der Waals surface area (Å²) in [4.78, 5) is 15.6. The van der Waals surface area contributed by atoms with E-state index in [4.69, 9.17) is 15.0 Å². The van der Waals surface area contributed by atoms with E-state index in [0.29, 0.717) is 17.6 Å². The minimum atomic E-state index is 0.582. The molecule has 238 valence electrons. The van der Waals surface area contributed by atoms with Gasteiger partial charge >= 0.3 is 0 Å². The average molecular weight is 670 g/mol. The van der Waals surface area contributed by atoms with Crippen LogP contribution < -0.4 is 0 Å². The topological polar surface area (TPSA) is 48.5 Å². The van der Waals surface area contributed by atoms with Crippen LogP contribution in [0.5, 0.6) is 0 Å². The zero-order chi connectivity index (χ0) is 33.5. The lowest BCUT2D eigenvalue weighted by atomic mass is 10.0. The third kappa shape index (κ3) is 4.11. The van der Waals surface area contributed by atoms with Crippen LogP contribution in [0.25, 0.3) is 98.2 Å². The number of hydrogen-bond acceptors (Lipinski definition) is 4. The molecule has 0 bridgehead atoms. The second kappa shape index (κ2) is 10.9. The Hall–Kier alpha value is -6.63. The van der Waals surface area contributed by atoms with Gasteiger partial charge in [-0.2, -0.15) is 9.97 Å². The molecule has 0 radical (unpaired) electrons. The second-order valence-corrected chi connectivity index (χ2v) is 13.9. The van der Waals surface area contributed by atoms with Gasteiger partial charge in [-0.1, -0.05) is 133 Å². The highest BCUT2D eigenvalue weighted by Crippen LogP contribution is 2.51. The van der Waals surface area contributed by atoms with Crippen LogP contribution in [-0.2, 0) is 0 Å². The molecule has 0 aliphatic heterocycles.